The Balaban J connectivity index is 1.54. The number of fused-ring (bicyclic) bond motifs is 5. The van der Waals surface area contributed by atoms with Crippen molar-refractivity contribution in [2.24, 2.45) is 46.3 Å². The summed E-state index contributed by atoms with van der Waals surface area (Å²) in [6, 6.07) is 0. The highest BCUT2D eigenvalue weighted by atomic mass is 16.5. The molecule has 0 radical (unpaired) electrons. The maximum absolute atomic E-state index is 11.6. The van der Waals surface area contributed by atoms with Crippen molar-refractivity contribution in [2.75, 3.05) is 7.11 Å². The second-order valence-corrected chi connectivity index (χ2v) is 11.3. The quantitative estimate of drug-likeness (QED) is 0.636. The summed E-state index contributed by atoms with van der Waals surface area (Å²) in [6.45, 7) is 7.29. The third kappa shape index (κ3) is 3.06. The Bertz CT molecular complexity index is 588. The molecule has 0 unspecified atom stereocenters. The number of ether oxygens (including phenoxy) is 1. The van der Waals surface area contributed by atoms with E-state index in [0.717, 1.165) is 30.6 Å². The van der Waals surface area contributed by atoms with Gasteiger partial charge in [0.05, 0.1) is 13.2 Å². The van der Waals surface area contributed by atoms with E-state index in [4.69, 9.17) is 4.74 Å². The van der Waals surface area contributed by atoms with Crippen LogP contribution in [0.15, 0.2) is 0 Å². The zero-order chi connectivity index (χ0) is 20.1. The Morgan fingerprint density at radius 2 is 1.89 bits per heavy atom. The van der Waals surface area contributed by atoms with Crippen LogP contribution in [0.5, 0.6) is 0 Å². The van der Waals surface area contributed by atoms with Gasteiger partial charge in [0.15, 0.2) is 0 Å². The van der Waals surface area contributed by atoms with Crippen LogP contribution in [0.2, 0.25) is 0 Å². The molecule has 0 aromatic carbocycles. The minimum atomic E-state index is -0.177. The van der Waals surface area contributed by atoms with Gasteiger partial charge in [0.2, 0.25) is 0 Å². The van der Waals surface area contributed by atoms with E-state index in [1.165, 1.54) is 58.5 Å². The van der Waals surface area contributed by atoms with Gasteiger partial charge >= 0.3 is 5.97 Å². The fourth-order valence-corrected chi connectivity index (χ4v) is 8.87. The Hall–Kier alpha value is -0.570. The highest BCUT2D eigenvalue weighted by Gasteiger charge is 2.63. The Kier molecular flexibility index (Phi) is 5.61. The van der Waals surface area contributed by atoms with Gasteiger partial charge < -0.3 is 9.84 Å². The monoisotopic (exact) mass is 390 g/mol. The molecule has 4 saturated carbocycles. The largest absolute Gasteiger partial charge is 0.469 e. The number of rotatable bonds is 4. The first-order valence-corrected chi connectivity index (χ1v) is 12.1. The molecule has 28 heavy (non-hydrogen) atoms. The summed E-state index contributed by atoms with van der Waals surface area (Å²) in [6.07, 6.45) is 13.2. The first-order valence-electron chi connectivity index (χ1n) is 12.1. The van der Waals surface area contributed by atoms with Gasteiger partial charge in [-0.15, -0.1) is 0 Å². The van der Waals surface area contributed by atoms with Gasteiger partial charge in [-0.05, 0) is 97.7 Å². The van der Waals surface area contributed by atoms with Crippen LogP contribution < -0.4 is 0 Å². The van der Waals surface area contributed by atoms with Gasteiger partial charge in [0.1, 0.15) is 0 Å². The van der Waals surface area contributed by atoms with Crippen LogP contribution >= 0.6 is 0 Å². The molecule has 3 heteroatoms. The summed E-state index contributed by atoms with van der Waals surface area (Å²) < 4.78 is 4.86. The van der Waals surface area contributed by atoms with Crippen molar-refractivity contribution in [1.29, 1.82) is 0 Å². The number of esters is 1. The fraction of sp³-hybridized carbons (Fsp3) is 0.960. The third-order valence-corrected chi connectivity index (χ3v) is 10.5. The van der Waals surface area contributed by atoms with Crippen molar-refractivity contribution < 1.29 is 14.6 Å². The molecular formula is C25H42O3. The van der Waals surface area contributed by atoms with Crippen molar-refractivity contribution in [3.05, 3.63) is 0 Å². The summed E-state index contributed by atoms with van der Waals surface area (Å²) in [4.78, 5) is 11.6. The zero-order valence-corrected chi connectivity index (χ0v) is 18.6. The normalized spacial score (nSPS) is 48.9. The van der Waals surface area contributed by atoms with Gasteiger partial charge in [-0.2, -0.15) is 0 Å². The topological polar surface area (TPSA) is 46.5 Å². The van der Waals surface area contributed by atoms with E-state index in [2.05, 4.69) is 20.8 Å². The molecule has 0 spiro atoms. The maximum Gasteiger partial charge on any atom is 0.305 e. The number of carbonyl (C=O) groups excluding carboxylic acids is 1. The molecule has 0 amide bonds. The summed E-state index contributed by atoms with van der Waals surface area (Å²) in [7, 11) is 1.48. The van der Waals surface area contributed by atoms with Crippen LogP contribution in [-0.4, -0.2) is 24.3 Å². The predicted molar refractivity (Wildman–Crippen MR) is 112 cm³/mol. The number of carbonyl (C=O) groups is 1. The van der Waals surface area contributed by atoms with E-state index in [1.54, 1.807) is 0 Å². The molecule has 160 valence electrons. The van der Waals surface area contributed by atoms with Gasteiger partial charge in [0.25, 0.3) is 0 Å². The lowest BCUT2D eigenvalue weighted by molar-refractivity contribution is -0.168. The third-order valence-electron chi connectivity index (χ3n) is 10.5. The van der Waals surface area contributed by atoms with Crippen LogP contribution in [-0.2, 0) is 9.53 Å². The molecule has 4 aliphatic carbocycles. The molecule has 1 N–H and O–H groups in total. The lowest BCUT2D eigenvalue weighted by Gasteiger charge is -2.62. The lowest BCUT2D eigenvalue weighted by atomic mass is 9.44. The molecule has 9 atom stereocenters. The van der Waals surface area contributed by atoms with Crippen molar-refractivity contribution in [3.63, 3.8) is 0 Å². The molecule has 0 aromatic rings. The Labute approximate surface area is 172 Å². The van der Waals surface area contributed by atoms with Crippen molar-refractivity contribution in [1.82, 2.24) is 0 Å². The molecule has 0 aromatic heterocycles. The molecule has 3 nitrogen and oxygen atoms in total. The van der Waals surface area contributed by atoms with E-state index in [1.807, 2.05) is 0 Å². The molecule has 0 aliphatic heterocycles. The van der Waals surface area contributed by atoms with E-state index in [0.29, 0.717) is 29.6 Å². The number of hydrogen-bond donors (Lipinski definition) is 1. The van der Waals surface area contributed by atoms with Crippen LogP contribution in [0.1, 0.15) is 91.4 Å². The number of hydrogen-bond acceptors (Lipinski definition) is 3. The van der Waals surface area contributed by atoms with Crippen LogP contribution in [0.3, 0.4) is 0 Å². The maximum atomic E-state index is 11.6. The van der Waals surface area contributed by atoms with Gasteiger partial charge in [-0.25, -0.2) is 0 Å². The highest BCUT2D eigenvalue weighted by Crippen LogP contribution is 2.68. The van der Waals surface area contributed by atoms with Crippen molar-refractivity contribution in [2.45, 2.75) is 97.5 Å². The molecule has 0 bridgehead atoms. The average molecular weight is 391 g/mol. The summed E-state index contributed by atoms with van der Waals surface area (Å²) in [5.41, 5.74) is 0.507. The minimum absolute atomic E-state index is 0.0363. The van der Waals surface area contributed by atoms with E-state index >= 15 is 0 Å². The molecule has 4 fully saturated rings. The average Bonchev–Trinajstić information content (AvgIpc) is 3.05. The first kappa shape index (κ1) is 20.7. The van der Waals surface area contributed by atoms with Crippen LogP contribution in [0.25, 0.3) is 0 Å². The molecule has 0 heterocycles. The zero-order valence-electron chi connectivity index (χ0n) is 18.6. The van der Waals surface area contributed by atoms with Crippen molar-refractivity contribution >= 4 is 5.97 Å². The SMILES string of the molecule is COC(=O)CC[C@@H](C)[C@@H]1CC[C@@H]2[C@@H]3CC[C@@H]4CCCC[C@]4(C)[C@H]3C[C@H](O)[C@@]21C. The summed E-state index contributed by atoms with van der Waals surface area (Å²) in [5, 5.41) is 11.5. The Morgan fingerprint density at radius 3 is 2.64 bits per heavy atom. The smallest absolute Gasteiger partial charge is 0.305 e. The van der Waals surface area contributed by atoms with Crippen LogP contribution in [0, 0.1) is 46.3 Å². The molecule has 0 saturated heterocycles. The highest BCUT2D eigenvalue weighted by molar-refractivity contribution is 5.69. The lowest BCUT2D eigenvalue weighted by Crippen LogP contribution is -2.58. The number of methoxy groups -OCH3 is 1. The predicted octanol–water partition coefficient (Wildman–Crippen LogP) is 5.60. The summed E-state index contributed by atoms with van der Waals surface area (Å²) in [5.74, 6) is 4.02. The van der Waals surface area contributed by atoms with E-state index in [-0.39, 0.29) is 17.5 Å². The molecule has 4 aliphatic rings. The number of aliphatic hydroxyl groups excluding tert-OH is 1. The van der Waals surface area contributed by atoms with E-state index < -0.39 is 0 Å². The second kappa shape index (κ2) is 7.60. The Morgan fingerprint density at radius 1 is 1.11 bits per heavy atom. The standard InChI is InChI=1S/C25H42O3/c1-16(8-13-23(27)28-4)19-11-12-20-18-10-9-17-7-5-6-14-24(17,2)21(18)15-22(26)25(19,20)3/h16-22,26H,5-15H2,1-4H3/t16-,17+,18+,19+,20-,21+,22+,24+,25-/m1/s1. The minimum Gasteiger partial charge on any atom is -0.469 e. The van der Waals surface area contributed by atoms with E-state index in [9.17, 15) is 9.90 Å². The molecule has 4 rings (SSSR count). The van der Waals surface area contributed by atoms with Crippen molar-refractivity contribution in [3.8, 4) is 0 Å². The van der Waals surface area contributed by atoms with Crippen LogP contribution in [0.4, 0.5) is 0 Å². The molecular weight excluding hydrogens is 348 g/mol. The van der Waals surface area contributed by atoms with Gasteiger partial charge in [0, 0.05) is 6.42 Å². The number of aliphatic hydroxyl groups is 1. The van der Waals surface area contributed by atoms with Gasteiger partial charge in [-0.3, -0.25) is 4.79 Å². The fourth-order valence-electron chi connectivity index (χ4n) is 8.87. The second-order valence-electron chi connectivity index (χ2n) is 11.3. The van der Waals surface area contributed by atoms with Gasteiger partial charge in [-0.1, -0.05) is 33.6 Å². The summed E-state index contributed by atoms with van der Waals surface area (Å²) >= 11 is 0. The first-order chi connectivity index (χ1) is 13.3.